The minimum absolute atomic E-state index is 0.0934. The zero-order valence-corrected chi connectivity index (χ0v) is 14.5. The van der Waals surface area contributed by atoms with E-state index < -0.39 is 22.0 Å². The Labute approximate surface area is 141 Å². The number of benzene rings is 1. The molecule has 0 aliphatic carbocycles. The summed E-state index contributed by atoms with van der Waals surface area (Å²) in [6.45, 7) is 1.67. The van der Waals surface area contributed by atoms with Gasteiger partial charge in [0.25, 0.3) is 10.0 Å². The average Bonchev–Trinajstić information content (AvgIpc) is 2.85. The molecular weight excluding hydrogens is 330 g/mol. The van der Waals surface area contributed by atoms with Gasteiger partial charge >= 0.3 is 5.97 Å². The molecule has 1 aromatic carbocycles. The predicted octanol–water partition coefficient (Wildman–Crippen LogP) is 1.48. The first-order valence-electron chi connectivity index (χ1n) is 7.56. The van der Waals surface area contributed by atoms with E-state index in [0.717, 1.165) is 5.56 Å². The second kappa shape index (κ2) is 7.59. The van der Waals surface area contributed by atoms with Crippen molar-refractivity contribution in [1.29, 1.82) is 0 Å². The Bertz CT molecular complexity index is 780. The maximum atomic E-state index is 12.7. The zero-order chi connectivity index (χ0) is 17.7. The predicted molar refractivity (Wildman–Crippen MR) is 89.1 cm³/mol. The molecule has 2 rings (SSSR count). The van der Waals surface area contributed by atoms with Gasteiger partial charge in [0.2, 0.25) is 0 Å². The maximum Gasteiger partial charge on any atom is 0.303 e. The molecule has 0 fully saturated rings. The molecule has 1 unspecified atom stereocenters. The Kier molecular flexibility index (Phi) is 5.74. The number of carboxylic acids is 1. The fourth-order valence-electron chi connectivity index (χ4n) is 2.60. The van der Waals surface area contributed by atoms with Crippen molar-refractivity contribution in [2.75, 3.05) is 0 Å². The smallest absolute Gasteiger partial charge is 0.303 e. The molecule has 1 aromatic heterocycles. The molecule has 0 saturated heterocycles. The molecule has 0 spiro atoms. The summed E-state index contributed by atoms with van der Waals surface area (Å²) in [5.74, 6) is -0.955. The molecule has 7 nitrogen and oxygen atoms in total. The second-order valence-corrected chi connectivity index (χ2v) is 7.33. The van der Waals surface area contributed by atoms with Crippen LogP contribution in [0, 0.1) is 6.92 Å². The van der Waals surface area contributed by atoms with Crippen LogP contribution in [-0.4, -0.2) is 35.3 Å². The summed E-state index contributed by atoms with van der Waals surface area (Å²) >= 11 is 0. The van der Waals surface area contributed by atoms with Crippen LogP contribution >= 0.6 is 0 Å². The van der Waals surface area contributed by atoms with Gasteiger partial charge in [-0.1, -0.05) is 30.3 Å². The average molecular weight is 351 g/mol. The molecule has 2 N–H and O–H groups in total. The molecular formula is C16H21N3O4S. The zero-order valence-electron chi connectivity index (χ0n) is 13.6. The van der Waals surface area contributed by atoms with Crippen LogP contribution in [0.1, 0.15) is 24.0 Å². The van der Waals surface area contributed by atoms with Crippen molar-refractivity contribution >= 4 is 16.0 Å². The van der Waals surface area contributed by atoms with Crippen molar-refractivity contribution < 1.29 is 18.3 Å². The minimum Gasteiger partial charge on any atom is -0.481 e. The van der Waals surface area contributed by atoms with Crippen LogP contribution in [0.3, 0.4) is 0 Å². The second-order valence-electron chi connectivity index (χ2n) is 5.70. The molecule has 0 bridgehead atoms. The van der Waals surface area contributed by atoms with E-state index >= 15 is 0 Å². The van der Waals surface area contributed by atoms with E-state index in [1.54, 1.807) is 14.0 Å². The number of aliphatic carboxylic acids is 1. The molecule has 0 amide bonds. The van der Waals surface area contributed by atoms with Crippen molar-refractivity contribution in [1.82, 2.24) is 14.5 Å². The number of sulfonamides is 1. The van der Waals surface area contributed by atoms with E-state index in [2.05, 4.69) is 9.82 Å². The lowest BCUT2D eigenvalue weighted by atomic mass is 10.0. The highest BCUT2D eigenvalue weighted by atomic mass is 32.2. The van der Waals surface area contributed by atoms with Crippen LogP contribution in [0.4, 0.5) is 0 Å². The summed E-state index contributed by atoms with van der Waals surface area (Å²) in [6, 6.07) is 8.86. The SMILES string of the molecule is Cc1cnn(C)c1S(=O)(=O)NC(CCC(=O)O)Cc1ccccc1. The van der Waals surface area contributed by atoms with Crippen molar-refractivity contribution in [3.63, 3.8) is 0 Å². The Morgan fingerprint density at radius 3 is 2.54 bits per heavy atom. The molecule has 0 radical (unpaired) electrons. The third-order valence-corrected chi connectivity index (χ3v) is 5.40. The van der Waals surface area contributed by atoms with E-state index in [1.807, 2.05) is 30.3 Å². The number of hydrogen-bond donors (Lipinski definition) is 2. The van der Waals surface area contributed by atoms with Crippen LogP contribution in [0.15, 0.2) is 41.6 Å². The van der Waals surface area contributed by atoms with Gasteiger partial charge in [-0.3, -0.25) is 9.48 Å². The highest BCUT2D eigenvalue weighted by Crippen LogP contribution is 2.16. The summed E-state index contributed by atoms with van der Waals surface area (Å²) in [6.07, 6.45) is 2.01. The Morgan fingerprint density at radius 1 is 1.33 bits per heavy atom. The van der Waals surface area contributed by atoms with Gasteiger partial charge in [-0.05, 0) is 25.3 Å². The van der Waals surface area contributed by atoms with Crippen molar-refractivity contribution in [2.24, 2.45) is 7.05 Å². The van der Waals surface area contributed by atoms with E-state index in [-0.39, 0.29) is 17.9 Å². The lowest BCUT2D eigenvalue weighted by molar-refractivity contribution is -0.137. The largest absolute Gasteiger partial charge is 0.481 e. The molecule has 24 heavy (non-hydrogen) atoms. The molecule has 0 aliphatic heterocycles. The normalized spacial score (nSPS) is 12.9. The first-order chi connectivity index (χ1) is 11.3. The molecule has 0 saturated carbocycles. The summed E-state index contributed by atoms with van der Waals surface area (Å²) in [5.41, 5.74) is 1.49. The highest BCUT2D eigenvalue weighted by Gasteiger charge is 2.25. The quantitative estimate of drug-likeness (QED) is 0.750. The van der Waals surface area contributed by atoms with Gasteiger partial charge in [-0.15, -0.1) is 0 Å². The monoisotopic (exact) mass is 351 g/mol. The summed E-state index contributed by atoms with van der Waals surface area (Å²) < 4.78 is 29.3. The lowest BCUT2D eigenvalue weighted by Crippen LogP contribution is -2.38. The standard InChI is InChI=1S/C16H21N3O4S/c1-12-11-17-19(2)16(12)24(22,23)18-14(8-9-15(20)21)10-13-6-4-3-5-7-13/h3-7,11,14,18H,8-10H2,1-2H3,(H,20,21). The molecule has 0 aliphatic rings. The van der Waals surface area contributed by atoms with E-state index in [4.69, 9.17) is 5.11 Å². The summed E-state index contributed by atoms with van der Waals surface area (Å²) in [7, 11) is -2.23. The van der Waals surface area contributed by atoms with Gasteiger partial charge < -0.3 is 5.11 Å². The van der Waals surface area contributed by atoms with Gasteiger partial charge in [0.1, 0.15) is 0 Å². The Hall–Kier alpha value is -2.19. The number of rotatable bonds is 8. The fraction of sp³-hybridized carbons (Fsp3) is 0.375. The van der Waals surface area contributed by atoms with Gasteiger partial charge in [-0.2, -0.15) is 5.10 Å². The number of aromatic nitrogens is 2. The highest BCUT2D eigenvalue weighted by molar-refractivity contribution is 7.89. The lowest BCUT2D eigenvalue weighted by Gasteiger charge is -2.18. The molecule has 1 heterocycles. The van der Waals surface area contributed by atoms with Gasteiger partial charge in [0.05, 0.1) is 6.20 Å². The molecule has 130 valence electrons. The maximum absolute atomic E-state index is 12.7. The van der Waals surface area contributed by atoms with Crippen molar-refractivity contribution in [3.8, 4) is 0 Å². The van der Waals surface area contributed by atoms with E-state index in [0.29, 0.717) is 12.0 Å². The number of hydrogen-bond acceptors (Lipinski definition) is 4. The number of carboxylic acid groups (broad SMARTS) is 1. The summed E-state index contributed by atoms with van der Waals surface area (Å²) in [4.78, 5) is 10.9. The Balaban J connectivity index is 2.22. The van der Waals surface area contributed by atoms with Crippen LogP contribution in [-0.2, 0) is 28.3 Å². The van der Waals surface area contributed by atoms with Crippen molar-refractivity contribution in [3.05, 3.63) is 47.7 Å². The minimum atomic E-state index is -3.79. The van der Waals surface area contributed by atoms with Crippen LogP contribution in [0.25, 0.3) is 0 Å². The number of carbonyl (C=O) groups is 1. The van der Waals surface area contributed by atoms with E-state index in [1.165, 1.54) is 10.9 Å². The fourth-order valence-corrected chi connectivity index (χ4v) is 4.22. The third kappa shape index (κ3) is 4.65. The number of nitrogens with one attached hydrogen (secondary N) is 1. The van der Waals surface area contributed by atoms with E-state index in [9.17, 15) is 13.2 Å². The molecule has 1 atom stereocenters. The van der Waals surface area contributed by atoms with Gasteiger partial charge in [0, 0.05) is 25.1 Å². The molecule has 8 heteroatoms. The topological polar surface area (TPSA) is 101 Å². The van der Waals surface area contributed by atoms with Crippen LogP contribution in [0.2, 0.25) is 0 Å². The summed E-state index contributed by atoms with van der Waals surface area (Å²) in [5, 5.41) is 13.0. The van der Waals surface area contributed by atoms with Crippen LogP contribution < -0.4 is 4.72 Å². The molecule has 2 aromatic rings. The Morgan fingerprint density at radius 2 is 2.00 bits per heavy atom. The number of aryl methyl sites for hydroxylation is 2. The third-order valence-electron chi connectivity index (χ3n) is 3.66. The van der Waals surface area contributed by atoms with Gasteiger partial charge in [0.15, 0.2) is 5.03 Å². The van der Waals surface area contributed by atoms with Crippen molar-refractivity contribution in [2.45, 2.75) is 37.3 Å². The first-order valence-corrected chi connectivity index (χ1v) is 9.04. The van der Waals surface area contributed by atoms with Crippen LogP contribution in [0.5, 0.6) is 0 Å². The number of nitrogens with zero attached hydrogens (tertiary/aromatic N) is 2. The van der Waals surface area contributed by atoms with Gasteiger partial charge in [-0.25, -0.2) is 13.1 Å². The first kappa shape index (κ1) is 18.2.